The summed E-state index contributed by atoms with van der Waals surface area (Å²) in [6, 6.07) is 12.1. The van der Waals surface area contributed by atoms with Crippen molar-refractivity contribution in [1.82, 2.24) is 10.3 Å². The first-order valence-corrected chi connectivity index (χ1v) is 8.31. The normalized spacial score (nSPS) is 15.2. The van der Waals surface area contributed by atoms with Crippen LogP contribution in [0.15, 0.2) is 42.6 Å². The second-order valence-corrected chi connectivity index (χ2v) is 6.23. The van der Waals surface area contributed by atoms with E-state index in [0.29, 0.717) is 11.7 Å². The van der Waals surface area contributed by atoms with Gasteiger partial charge in [0, 0.05) is 11.7 Å². The summed E-state index contributed by atoms with van der Waals surface area (Å²) in [6.45, 7) is 2.06. The lowest BCUT2D eigenvalue weighted by molar-refractivity contribution is 0.0922. The second kappa shape index (κ2) is 7.27. The lowest BCUT2D eigenvalue weighted by Gasteiger charge is -2.22. The highest BCUT2D eigenvalue weighted by molar-refractivity contribution is 5.92. The molecule has 1 fully saturated rings. The van der Waals surface area contributed by atoms with E-state index < -0.39 is 0 Å². The molecule has 0 atom stereocenters. The van der Waals surface area contributed by atoms with Gasteiger partial charge in [-0.2, -0.15) is 0 Å². The van der Waals surface area contributed by atoms with E-state index in [4.69, 9.17) is 0 Å². The molecule has 0 radical (unpaired) electrons. The number of hydrogen-bond acceptors (Lipinski definition) is 3. The summed E-state index contributed by atoms with van der Waals surface area (Å²) in [5, 5.41) is 6.37. The minimum absolute atomic E-state index is 0.0706. The first kappa shape index (κ1) is 15.5. The third-order valence-corrected chi connectivity index (χ3v) is 4.28. The molecule has 1 saturated carbocycles. The Balaban J connectivity index is 1.59. The van der Waals surface area contributed by atoms with Gasteiger partial charge in [0.15, 0.2) is 0 Å². The van der Waals surface area contributed by atoms with Crippen molar-refractivity contribution in [2.75, 3.05) is 5.32 Å². The minimum Gasteiger partial charge on any atom is -0.354 e. The van der Waals surface area contributed by atoms with Crippen molar-refractivity contribution in [1.29, 1.82) is 0 Å². The number of hydrogen-bond donors (Lipinski definition) is 2. The van der Waals surface area contributed by atoms with Crippen LogP contribution in [0.4, 0.5) is 11.4 Å². The molecule has 0 aliphatic heterocycles. The molecule has 0 saturated heterocycles. The lowest BCUT2D eigenvalue weighted by atomic mass is 9.95. The van der Waals surface area contributed by atoms with Gasteiger partial charge in [0.1, 0.15) is 5.69 Å². The fourth-order valence-corrected chi connectivity index (χ4v) is 2.91. The number of nitrogens with one attached hydrogen (secondary N) is 2. The molecule has 0 spiro atoms. The van der Waals surface area contributed by atoms with Gasteiger partial charge in [-0.15, -0.1) is 0 Å². The molecule has 1 heterocycles. The van der Waals surface area contributed by atoms with Crippen molar-refractivity contribution in [2.24, 2.45) is 0 Å². The van der Waals surface area contributed by atoms with Gasteiger partial charge < -0.3 is 10.6 Å². The standard InChI is InChI=1S/C19H23N3O/c1-14-7-9-16(10-8-14)21-17-11-12-18(20-13-17)19(23)22-15-5-3-2-4-6-15/h7-13,15,21H,2-6H2,1H3,(H,22,23). The molecular weight excluding hydrogens is 286 g/mol. The van der Waals surface area contributed by atoms with Crippen LogP contribution in [-0.4, -0.2) is 16.9 Å². The Labute approximate surface area is 137 Å². The number of anilines is 2. The number of benzene rings is 1. The van der Waals surface area contributed by atoms with E-state index in [2.05, 4.69) is 34.7 Å². The van der Waals surface area contributed by atoms with E-state index in [1.807, 2.05) is 18.2 Å². The number of amides is 1. The maximum atomic E-state index is 12.2. The zero-order valence-electron chi connectivity index (χ0n) is 13.5. The Bertz CT molecular complexity index is 643. The average Bonchev–Trinajstić information content (AvgIpc) is 2.58. The third kappa shape index (κ3) is 4.31. The topological polar surface area (TPSA) is 54.0 Å². The van der Waals surface area contributed by atoms with E-state index >= 15 is 0 Å². The molecule has 1 aliphatic rings. The molecule has 1 aromatic heterocycles. The van der Waals surface area contributed by atoms with Gasteiger partial charge in [-0.25, -0.2) is 4.98 Å². The molecule has 0 bridgehead atoms. The minimum atomic E-state index is -0.0706. The quantitative estimate of drug-likeness (QED) is 0.890. The molecule has 1 aliphatic carbocycles. The van der Waals surface area contributed by atoms with Crippen LogP contribution in [-0.2, 0) is 0 Å². The van der Waals surface area contributed by atoms with Crippen molar-refractivity contribution in [3.63, 3.8) is 0 Å². The average molecular weight is 309 g/mol. The predicted molar refractivity (Wildman–Crippen MR) is 93.0 cm³/mol. The summed E-state index contributed by atoms with van der Waals surface area (Å²) in [6.07, 6.45) is 7.56. The van der Waals surface area contributed by atoms with Gasteiger partial charge in [-0.3, -0.25) is 4.79 Å². The van der Waals surface area contributed by atoms with Crippen LogP contribution in [0.25, 0.3) is 0 Å². The van der Waals surface area contributed by atoms with E-state index in [-0.39, 0.29) is 5.91 Å². The second-order valence-electron chi connectivity index (χ2n) is 6.23. The monoisotopic (exact) mass is 309 g/mol. The van der Waals surface area contributed by atoms with Crippen LogP contribution in [0, 0.1) is 6.92 Å². The van der Waals surface area contributed by atoms with Crippen molar-refractivity contribution < 1.29 is 4.79 Å². The summed E-state index contributed by atoms with van der Waals surface area (Å²) in [5.41, 5.74) is 3.59. The van der Waals surface area contributed by atoms with Crippen LogP contribution in [0.2, 0.25) is 0 Å². The van der Waals surface area contributed by atoms with Crippen molar-refractivity contribution in [3.8, 4) is 0 Å². The molecule has 4 heteroatoms. The number of carbonyl (C=O) groups excluding carboxylic acids is 1. The summed E-state index contributed by atoms with van der Waals surface area (Å²) < 4.78 is 0. The number of aromatic nitrogens is 1. The molecule has 2 N–H and O–H groups in total. The first-order chi connectivity index (χ1) is 11.2. The first-order valence-electron chi connectivity index (χ1n) is 8.31. The number of rotatable bonds is 4. The van der Waals surface area contributed by atoms with Crippen LogP contribution >= 0.6 is 0 Å². The summed E-state index contributed by atoms with van der Waals surface area (Å²) >= 11 is 0. The molecule has 23 heavy (non-hydrogen) atoms. The summed E-state index contributed by atoms with van der Waals surface area (Å²) in [7, 11) is 0. The van der Waals surface area contributed by atoms with E-state index in [0.717, 1.165) is 24.2 Å². The summed E-state index contributed by atoms with van der Waals surface area (Å²) in [4.78, 5) is 16.5. The molecule has 1 amide bonds. The number of pyridine rings is 1. The highest BCUT2D eigenvalue weighted by atomic mass is 16.1. The largest absolute Gasteiger partial charge is 0.354 e. The maximum absolute atomic E-state index is 12.2. The van der Waals surface area contributed by atoms with Crippen LogP contribution in [0.5, 0.6) is 0 Å². The fraction of sp³-hybridized carbons (Fsp3) is 0.368. The number of nitrogens with zero attached hydrogens (tertiary/aromatic N) is 1. The van der Waals surface area contributed by atoms with E-state index in [1.54, 1.807) is 12.3 Å². The maximum Gasteiger partial charge on any atom is 0.270 e. The molecule has 4 nitrogen and oxygen atoms in total. The van der Waals surface area contributed by atoms with E-state index in [1.165, 1.54) is 24.8 Å². The van der Waals surface area contributed by atoms with Gasteiger partial charge >= 0.3 is 0 Å². The fourth-order valence-electron chi connectivity index (χ4n) is 2.91. The van der Waals surface area contributed by atoms with Crippen molar-refractivity contribution in [3.05, 3.63) is 53.9 Å². The SMILES string of the molecule is Cc1ccc(Nc2ccc(C(=O)NC3CCCCC3)nc2)cc1. The van der Waals surface area contributed by atoms with Crippen LogP contribution in [0.1, 0.15) is 48.2 Å². The van der Waals surface area contributed by atoms with Gasteiger partial charge in [0.2, 0.25) is 0 Å². The Morgan fingerprint density at radius 2 is 1.70 bits per heavy atom. The van der Waals surface area contributed by atoms with E-state index in [9.17, 15) is 4.79 Å². The van der Waals surface area contributed by atoms with Crippen molar-refractivity contribution >= 4 is 17.3 Å². The van der Waals surface area contributed by atoms with Crippen LogP contribution < -0.4 is 10.6 Å². The Morgan fingerprint density at radius 3 is 2.35 bits per heavy atom. The molecule has 0 unspecified atom stereocenters. The smallest absolute Gasteiger partial charge is 0.270 e. The highest BCUT2D eigenvalue weighted by Gasteiger charge is 2.17. The number of aryl methyl sites for hydroxylation is 1. The van der Waals surface area contributed by atoms with Gasteiger partial charge in [-0.05, 0) is 44.0 Å². The highest BCUT2D eigenvalue weighted by Crippen LogP contribution is 2.19. The van der Waals surface area contributed by atoms with Crippen LogP contribution in [0.3, 0.4) is 0 Å². The van der Waals surface area contributed by atoms with Gasteiger partial charge in [-0.1, -0.05) is 37.0 Å². The molecule has 1 aromatic carbocycles. The zero-order chi connectivity index (χ0) is 16.1. The lowest BCUT2D eigenvalue weighted by Crippen LogP contribution is -2.36. The van der Waals surface area contributed by atoms with Gasteiger partial charge in [0.05, 0.1) is 11.9 Å². The third-order valence-electron chi connectivity index (χ3n) is 4.28. The molecule has 3 rings (SSSR count). The van der Waals surface area contributed by atoms with Gasteiger partial charge in [0.25, 0.3) is 5.91 Å². The Kier molecular flexibility index (Phi) is 4.91. The summed E-state index contributed by atoms with van der Waals surface area (Å²) in [5.74, 6) is -0.0706. The molecule has 2 aromatic rings. The zero-order valence-corrected chi connectivity index (χ0v) is 13.5. The Morgan fingerprint density at radius 1 is 1.00 bits per heavy atom. The predicted octanol–water partition coefficient (Wildman–Crippen LogP) is 4.20. The van der Waals surface area contributed by atoms with Crippen molar-refractivity contribution in [2.45, 2.75) is 45.1 Å². The Hall–Kier alpha value is -2.36. The number of carbonyl (C=O) groups is 1. The molecule has 120 valence electrons. The molecular formula is C19H23N3O.